The molecule has 4 aliphatic heterocycles. The van der Waals surface area contributed by atoms with Gasteiger partial charge >= 0.3 is 5.97 Å². The number of carboxylic acids is 1. The van der Waals surface area contributed by atoms with Crippen LogP contribution in [0.1, 0.15) is 96.1 Å². The summed E-state index contributed by atoms with van der Waals surface area (Å²) < 4.78 is 35.2. The fourth-order valence-corrected chi connectivity index (χ4v) is 12.9. The number of piperidine rings is 1. The van der Waals surface area contributed by atoms with E-state index in [-0.39, 0.29) is 48.3 Å². The summed E-state index contributed by atoms with van der Waals surface area (Å²) in [5.41, 5.74) is 7.44. The summed E-state index contributed by atoms with van der Waals surface area (Å²) in [5.74, 6) is 4.08. The molecule has 86 heavy (non-hydrogen) atoms. The van der Waals surface area contributed by atoms with E-state index in [1.54, 1.807) is 33.8 Å². The number of carbonyl (C=O) groups is 5. The van der Waals surface area contributed by atoms with Crippen molar-refractivity contribution in [2.75, 3.05) is 87.8 Å². The maximum absolute atomic E-state index is 15.2. The molecule has 0 spiro atoms. The molecule has 3 aromatic heterocycles. The fourth-order valence-electron chi connectivity index (χ4n) is 10.9. The molecule has 11 rings (SSSR count). The van der Waals surface area contributed by atoms with Crippen molar-refractivity contribution in [1.29, 1.82) is 0 Å². The van der Waals surface area contributed by atoms with Crippen molar-refractivity contribution in [1.82, 2.24) is 45.0 Å². The Morgan fingerprint density at radius 3 is 2.57 bits per heavy atom. The van der Waals surface area contributed by atoms with E-state index in [9.17, 15) is 29.1 Å². The molecule has 446 valence electrons. The van der Waals surface area contributed by atoms with Crippen LogP contribution in [0.2, 0.25) is 0 Å². The van der Waals surface area contributed by atoms with E-state index in [4.69, 9.17) is 14.2 Å². The molecule has 21 nitrogen and oxygen atoms in total. The van der Waals surface area contributed by atoms with Crippen molar-refractivity contribution in [3.63, 3.8) is 0 Å². The summed E-state index contributed by atoms with van der Waals surface area (Å²) in [5, 5.41) is 28.7. The van der Waals surface area contributed by atoms with E-state index in [2.05, 4.69) is 59.6 Å². The number of piperazine rings is 1. The van der Waals surface area contributed by atoms with Gasteiger partial charge in [-0.25, -0.2) is 19.2 Å². The first-order chi connectivity index (χ1) is 41.9. The Bertz CT molecular complexity index is 3700. The normalized spacial score (nSPS) is 15.9. The molecule has 0 saturated carbocycles. The first kappa shape index (κ1) is 59.1. The predicted molar refractivity (Wildman–Crippen MR) is 323 cm³/mol. The number of nitrogens with zero attached hydrogens (tertiary/aromatic N) is 9. The number of thiazole rings is 2. The molecule has 0 aliphatic carbocycles. The van der Waals surface area contributed by atoms with Crippen molar-refractivity contribution < 1.29 is 47.7 Å². The molecule has 4 aliphatic rings. The number of aromatic nitrogens is 5. The number of carboxylic acid groups (broad SMARTS) is 1. The van der Waals surface area contributed by atoms with E-state index < -0.39 is 17.8 Å². The molecular weight excluding hydrogens is 1140 g/mol. The number of rotatable bonds is 24. The SMILES string of the molecule is C=C1CCC(N2Cc3c(NCCOCCOCc4cn(CCCC(=O)N5CCN(CC#Cc6ccc(OCCCc7sc(N8CCc9cccc(C(=O)Nc%10nc%11ccccc%11s%10)c9C8)nc7C(=O)O)c(F)c6)CC5)nn4)cccc3C2=O)C(=O)N1. The van der Waals surface area contributed by atoms with Crippen LogP contribution in [0.15, 0.2) is 97.3 Å². The molecule has 2 fully saturated rings. The number of halogens is 1. The third kappa shape index (κ3) is 14.4. The lowest BCUT2D eigenvalue weighted by atomic mass is 9.94. The highest BCUT2D eigenvalue weighted by Crippen LogP contribution is 2.35. The summed E-state index contributed by atoms with van der Waals surface area (Å²) in [6.45, 7) is 10.9. The smallest absolute Gasteiger partial charge is 0.355 e. The summed E-state index contributed by atoms with van der Waals surface area (Å²) in [6.07, 6.45) is 5.47. The number of nitrogens with one attached hydrogen (secondary N) is 3. The summed E-state index contributed by atoms with van der Waals surface area (Å²) in [6, 6.07) is 23.0. The second kappa shape index (κ2) is 27.6. The Labute approximate surface area is 504 Å². The highest BCUT2D eigenvalue weighted by Gasteiger charge is 2.39. The molecule has 1 atom stereocenters. The summed E-state index contributed by atoms with van der Waals surface area (Å²) in [4.78, 5) is 82.1. The number of allylic oxidation sites excluding steroid dienone is 1. The summed E-state index contributed by atoms with van der Waals surface area (Å²) in [7, 11) is 0. The van der Waals surface area contributed by atoms with Crippen LogP contribution in [0.5, 0.6) is 5.75 Å². The van der Waals surface area contributed by atoms with Crippen molar-refractivity contribution in [2.24, 2.45) is 0 Å². The zero-order valence-corrected chi connectivity index (χ0v) is 49.0. The first-order valence-corrected chi connectivity index (χ1v) is 30.4. The second-order valence-electron chi connectivity index (χ2n) is 21.3. The molecular formula is C62H65FN12O9S2. The lowest BCUT2D eigenvalue weighted by Crippen LogP contribution is -2.49. The lowest BCUT2D eigenvalue weighted by Gasteiger charge is -2.33. The van der Waals surface area contributed by atoms with Crippen molar-refractivity contribution in [2.45, 2.75) is 77.2 Å². The number of carbonyl (C=O) groups excluding carboxylic acids is 4. The van der Waals surface area contributed by atoms with Gasteiger partial charge in [-0.3, -0.25) is 34.1 Å². The van der Waals surface area contributed by atoms with Gasteiger partial charge in [0.25, 0.3) is 11.8 Å². The van der Waals surface area contributed by atoms with Gasteiger partial charge in [0.1, 0.15) is 11.7 Å². The van der Waals surface area contributed by atoms with Crippen LogP contribution in [-0.4, -0.2) is 153 Å². The van der Waals surface area contributed by atoms with Gasteiger partial charge in [0.15, 0.2) is 27.5 Å². The number of benzene rings is 4. The Hall–Kier alpha value is -8.60. The second-order valence-corrected chi connectivity index (χ2v) is 23.4. The number of fused-ring (bicyclic) bond motifs is 3. The van der Waals surface area contributed by atoms with Crippen LogP contribution in [0.25, 0.3) is 10.2 Å². The average molecular weight is 1210 g/mol. The number of para-hydroxylation sites is 1. The van der Waals surface area contributed by atoms with Crippen LogP contribution in [0, 0.1) is 17.7 Å². The molecule has 0 bridgehead atoms. The van der Waals surface area contributed by atoms with E-state index in [1.165, 1.54) is 28.7 Å². The monoisotopic (exact) mass is 1200 g/mol. The molecule has 7 heterocycles. The third-order valence-electron chi connectivity index (χ3n) is 15.4. The van der Waals surface area contributed by atoms with Crippen molar-refractivity contribution in [3.05, 3.63) is 153 Å². The van der Waals surface area contributed by atoms with Gasteiger partial charge in [-0.15, -0.1) is 16.4 Å². The topological polar surface area (TPSA) is 239 Å². The number of aryl methyl sites for hydroxylation is 2. The Morgan fingerprint density at radius 1 is 0.884 bits per heavy atom. The van der Waals surface area contributed by atoms with Gasteiger partial charge in [0.2, 0.25) is 11.8 Å². The predicted octanol–water partition coefficient (Wildman–Crippen LogP) is 7.38. The zero-order chi connectivity index (χ0) is 59.5. The Morgan fingerprint density at radius 2 is 1.73 bits per heavy atom. The number of hydrogen-bond donors (Lipinski definition) is 4. The molecule has 4 aromatic carbocycles. The molecule has 4 N–H and O–H groups in total. The first-order valence-electron chi connectivity index (χ1n) is 28.8. The van der Waals surface area contributed by atoms with Gasteiger partial charge in [-0.05, 0) is 98.2 Å². The van der Waals surface area contributed by atoms with E-state index in [1.807, 2.05) is 64.5 Å². The minimum absolute atomic E-state index is 0.0248. The van der Waals surface area contributed by atoms with Crippen molar-refractivity contribution in [3.8, 4) is 17.6 Å². The molecule has 24 heteroatoms. The number of hydrogen-bond acceptors (Lipinski definition) is 17. The average Bonchev–Trinajstić information content (AvgIpc) is 3.89. The van der Waals surface area contributed by atoms with Crippen LogP contribution in [-0.2, 0) is 58.1 Å². The van der Waals surface area contributed by atoms with Gasteiger partial charge in [0, 0.05) is 104 Å². The lowest BCUT2D eigenvalue weighted by molar-refractivity contribution is -0.133. The van der Waals surface area contributed by atoms with Gasteiger partial charge in [-0.1, -0.05) is 65.3 Å². The number of aromatic carboxylic acids is 1. The minimum Gasteiger partial charge on any atom is -0.491 e. The van der Waals surface area contributed by atoms with Gasteiger partial charge in [0.05, 0.1) is 56.0 Å². The van der Waals surface area contributed by atoms with E-state index >= 15 is 4.39 Å². The van der Waals surface area contributed by atoms with E-state index in [0.717, 1.165) is 32.6 Å². The molecule has 2 saturated heterocycles. The number of amides is 4. The maximum atomic E-state index is 15.2. The minimum atomic E-state index is -1.13. The molecule has 7 aromatic rings. The summed E-state index contributed by atoms with van der Waals surface area (Å²) >= 11 is 2.72. The highest BCUT2D eigenvalue weighted by atomic mass is 32.1. The van der Waals surface area contributed by atoms with Crippen molar-refractivity contribution >= 4 is 78.4 Å². The highest BCUT2D eigenvalue weighted by molar-refractivity contribution is 7.22. The van der Waals surface area contributed by atoms with Crippen LogP contribution < -0.4 is 25.6 Å². The van der Waals surface area contributed by atoms with Crippen LogP contribution in [0.3, 0.4) is 0 Å². The maximum Gasteiger partial charge on any atom is 0.355 e. The third-order valence-corrected chi connectivity index (χ3v) is 17.6. The molecule has 4 amide bonds. The quantitative estimate of drug-likeness (QED) is 0.0341. The Kier molecular flexibility index (Phi) is 19.0. The Balaban J connectivity index is 0.542. The van der Waals surface area contributed by atoms with Gasteiger partial charge < -0.3 is 44.7 Å². The fraction of sp³-hybridized carbons (Fsp3) is 0.371. The van der Waals surface area contributed by atoms with Crippen LogP contribution >= 0.6 is 22.7 Å². The zero-order valence-electron chi connectivity index (χ0n) is 47.4. The number of anilines is 3. The number of ether oxygens (including phenoxy) is 3. The molecule has 1 unspecified atom stereocenters. The van der Waals surface area contributed by atoms with Crippen LogP contribution in [0.4, 0.5) is 20.3 Å². The largest absolute Gasteiger partial charge is 0.491 e. The molecule has 0 radical (unpaired) electrons. The van der Waals surface area contributed by atoms with E-state index in [0.29, 0.717) is 173 Å². The van der Waals surface area contributed by atoms with Gasteiger partial charge in [-0.2, -0.15) is 0 Å². The standard InChI is InChI=1S/C62H65FN12O9S2/c1-40-18-20-51(58(78)65-40)75-38-47-45(59(75)79)12-5-14-49(47)64-23-32-82-33-34-83-39-43-36-74(70-69-43)25-7-17-55(76)72-29-27-71(28-30-72)24-6-9-41-19-21-52(48(63)35-41)84-31-8-16-54-56(60(80)81)67-62(86-54)73-26-22-42-10-4-11-44(46(42)37-73)57(77)68-61-66-50-13-2-3-15-53(50)85-61/h2-5,10-15,19,21,35-36,51,64H,1,7-8,16-18,20,22-34,37-39H2,(H,65,78)(H,80,81)(H,66,68,77).